The van der Waals surface area contributed by atoms with Crippen LogP contribution in [-0.2, 0) is 9.59 Å². The summed E-state index contributed by atoms with van der Waals surface area (Å²) >= 11 is 2.74. The maximum Gasteiger partial charge on any atom is 0.250 e. The van der Waals surface area contributed by atoms with Gasteiger partial charge in [-0.1, -0.05) is 43.4 Å². The Morgan fingerprint density at radius 2 is 1.90 bits per heavy atom. The van der Waals surface area contributed by atoms with Crippen LogP contribution < -0.4 is 10.2 Å². The highest BCUT2D eigenvalue weighted by molar-refractivity contribution is 7.15. The van der Waals surface area contributed by atoms with Crippen LogP contribution in [0.15, 0.2) is 41.8 Å². The highest BCUT2D eigenvalue weighted by Gasteiger charge is 2.17. The van der Waals surface area contributed by atoms with Gasteiger partial charge in [0, 0.05) is 24.3 Å². The summed E-state index contributed by atoms with van der Waals surface area (Å²) in [4.78, 5) is 30.4. The molecule has 0 saturated heterocycles. The van der Waals surface area contributed by atoms with Crippen molar-refractivity contribution >= 4 is 56.5 Å². The molecule has 0 atom stereocenters. The maximum atomic E-state index is 12.2. The fourth-order valence-corrected chi connectivity index (χ4v) is 4.72. The molecule has 3 aromatic rings. The smallest absolute Gasteiger partial charge is 0.250 e. The third kappa shape index (κ3) is 5.37. The molecule has 7 nitrogen and oxygen atoms in total. The number of nitrogens with zero attached hydrogens (tertiary/aromatic N) is 4. The van der Waals surface area contributed by atoms with Crippen molar-refractivity contribution in [3.8, 4) is 0 Å². The van der Waals surface area contributed by atoms with E-state index in [1.54, 1.807) is 16.4 Å². The molecule has 2 amide bonds. The van der Waals surface area contributed by atoms with E-state index in [0.29, 0.717) is 21.9 Å². The average Bonchev–Trinajstić information content (AvgIpc) is 3.38. The molecule has 0 bridgehead atoms. The van der Waals surface area contributed by atoms with Crippen LogP contribution in [-0.4, -0.2) is 27.0 Å². The van der Waals surface area contributed by atoms with Crippen molar-refractivity contribution in [2.45, 2.75) is 39.5 Å². The van der Waals surface area contributed by atoms with Gasteiger partial charge in [-0.15, -0.1) is 21.5 Å². The summed E-state index contributed by atoms with van der Waals surface area (Å²) in [7, 11) is 0. The van der Waals surface area contributed by atoms with Crippen molar-refractivity contribution in [2.75, 3.05) is 10.2 Å². The summed E-state index contributed by atoms with van der Waals surface area (Å²) < 4.78 is 0. The molecule has 0 spiro atoms. The van der Waals surface area contributed by atoms with Crippen LogP contribution in [0, 0.1) is 0 Å². The Morgan fingerprint density at radius 3 is 2.57 bits per heavy atom. The molecule has 3 rings (SSSR count). The second-order valence-corrected chi connectivity index (χ2v) is 8.37. The second-order valence-electron chi connectivity index (χ2n) is 6.53. The zero-order valence-corrected chi connectivity index (χ0v) is 18.7. The molecule has 2 aromatic heterocycles. The van der Waals surface area contributed by atoms with Crippen LogP contribution in [0.1, 0.15) is 50.2 Å². The van der Waals surface area contributed by atoms with Gasteiger partial charge in [-0.3, -0.25) is 19.8 Å². The van der Waals surface area contributed by atoms with Gasteiger partial charge in [0.1, 0.15) is 5.01 Å². The first-order chi connectivity index (χ1) is 14.5. The summed E-state index contributed by atoms with van der Waals surface area (Å²) in [6.07, 6.45) is 5.00. The fraction of sp³-hybridized carbons (Fsp3) is 0.286. The third-order valence-corrected chi connectivity index (χ3v) is 6.29. The van der Waals surface area contributed by atoms with Crippen molar-refractivity contribution < 1.29 is 9.59 Å². The number of nitrogens with one attached hydrogen (secondary N) is 1. The number of carbonyl (C=O) groups is 2. The Hall–Kier alpha value is -2.91. The van der Waals surface area contributed by atoms with Gasteiger partial charge < -0.3 is 0 Å². The van der Waals surface area contributed by atoms with E-state index in [0.717, 1.165) is 23.5 Å². The van der Waals surface area contributed by atoms with E-state index >= 15 is 0 Å². The SMILES string of the molecule is CCC(CC)c1nnc(NC(=O)/C=C/c2csc(N(C(C)=O)c3ccccc3)n2)s1. The average molecular weight is 442 g/mol. The maximum absolute atomic E-state index is 12.2. The van der Waals surface area contributed by atoms with Crippen molar-refractivity contribution in [3.05, 3.63) is 52.5 Å². The molecule has 0 aliphatic heterocycles. The minimum Gasteiger partial charge on any atom is -0.297 e. The minimum absolute atomic E-state index is 0.131. The Morgan fingerprint density at radius 1 is 1.17 bits per heavy atom. The first kappa shape index (κ1) is 21.8. The molecule has 0 fully saturated rings. The van der Waals surface area contributed by atoms with E-state index in [1.165, 1.54) is 35.7 Å². The largest absolute Gasteiger partial charge is 0.297 e. The summed E-state index contributed by atoms with van der Waals surface area (Å²) in [6, 6.07) is 9.33. The number of benzene rings is 1. The summed E-state index contributed by atoms with van der Waals surface area (Å²) in [5.74, 6) is -0.0670. The molecule has 0 unspecified atom stereocenters. The zero-order chi connectivity index (χ0) is 21.5. The lowest BCUT2D eigenvalue weighted by Gasteiger charge is -2.17. The number of hydrogen-bond acceptors (Lipinski definition) is 7. The summed E-state index contributed by atoms with van der Waals surface area (Å²) in [6.45, 7) is 5.72. The van der Waals surface area contributed by atoms with Gasteiger partial charge in [-0.25, -0.2) is 4.98 Å². The van der Waals surface area contributed by atoms with Crippen LogP contribution in [0.5, 0.6) is 0 Å². The molecule has 9 heteroatoms. The lowest BCUT2D eigenvalue weighted by atomic mass is 10.1. The second kappa shape index (κ2) is 10.2. The Balaban J connectivity index is 1.66. The van der Waals surface area contributed by atoms with Crippen molar-refractivity contribution in [2.24, 2.45) is 0 Å². The molecular weight excluding hydrogens is 418 g/mol. The fourth-order valence-electron chi connectivity index (χ4n) is 2.86. The van der Waals surface area contributed by atoms with Gasteiger partial charge in [-0.2, -0.15) is 0 Å². The third-order valence-electron chi connectivity index (χ3n) is 4.44. The highest BCUT2D eigenvalue weighted by atomic mass is 32.1. The molecule has 0 saturated carbocycles. The Kier molecular flexibility index (Phi) is 7.42. The van der Waals surface area contributed by atoms with Gasteiger partial charge in [0.25, 0.3) is 0 Å². The van der Waals surface area contributed by atoms with Crippen LogP contribution in [0.25, 0.3) is 6.08 Å². The predicted molar refractivity (Wildman–Crippen MR) is 122 cm³/mol. The number of para-hydroxylation sites is 1. The molecular formula is C21H23N5O2S2. The van der Waals surface area contributed by atoms with Gasteiger partial charge in [-0.05, 0) is 31.1 Å². The molecule has 30 heavy (non-hydrogen) atoms. The van der Waals surface area contributed by atoms with E-state index in [1.807, 2.05) is 30.3 Å². The highest BCUT2D eigenvalue weighted by Crippen LogP contribution is 2.29. The first-order valence-electron chi connectivity index (χ1n) is 9.65. The molecule has 0 aliphatic rings. The number of aromatic nitrogens is 3. The van der Waals surface area contributed by atoms with E-state index in [9.17, 15) is 9.59 Å². The van der Waals surface area contributed by atoms with Gasteiger partial charge >= 0.3 is 0 Å². The van der Waals surface area contributed by atoms with Crippen LogP contribution in [0.3, 0.4) is 0 Å². The number of amides is 2. The van der Waals surface area contributed by atoms with Crippen LogP contribution in [0.2, 0.25) is 0 Å². The molecule has 1 N–H and O–H groups in total. The van der Waals surface area contributed by atoms with Gasteiger partial charge in [0.2, 0.25) is 16.9 Å². The van der Waals surface area contributed by atoms with Gasteiger partial charge in [0.15, 0.2) is 5.13 Å². The number of hydrogen-bond donors (Lipinski definition) is 1. The quantitative estimate of drug-likeness (QED) is 0.483. The lowest BCUT2D eigenvalue weighted by Crippen LogP contribution is -2.22. The van der Waals surface area contributed by atoms with E-state index in [4.69, 9.17) is 0 Å². The summed E-state index contributed by atoms with van der Waals surface area (Å²) in [5.41, 5.74) is 1.35. The van der Waals surface area contributed by atoms with E-state index in [2.05, 4.69) is 34.3 Å². The van der Waals surface area contributed by atoms with Crippen LogP contribution in [0.4, 0.5) is 16.0 Å². The van der Waals surface area contributed by atoms with E-state index < -0.39 is 0 Å². The van der Waals surface area contributed by atoms with E-state index in [-0.39, 0.29) is 11.8 Å². The number of anilines is 3. The van der Waals surface area contributed by atoms with Crippen molar-refractivity contribution in [1.29, 1.82) is 0 Å². The van der Waals surface area contributed by atoms with Gasteiger partial charge in [0.05, 0.1) is 11.4 Å². The first-order valence-corrected chi connectivity index (χ1v) is 11.3. The molecule has 1 aromatic carbocycles. The molecule has 156 valence electrons. The topological polar surface area (TPSA) is 88.1 Å². The molecule has 2 heterocycles. The van der Waals surface area contributed by atoms with Crippen LogP contribution >= 0.6 is 22.7 Å². The molecule has 0 radical (unpaired) electrons. The lowest BCUT2D eigenvalue weighted by molar-refractivity contribution is -0.116. The number of rotatable bonds is 8. The standard InChI is InChI=1S/C21H23N5O2S2/c1-4-15(5-2)19-24-25-20(30-19)23-18(28)12-11-16-13-29-21(22-16)26(14(3)27)17-9-7-6-8-10-17/h6-13,15H,4-5H2,1-3H3,(H,23,25,28)/b12-11+. The summed E-state index contributed by atoms with van der Waals surface area (Å²) in [5, 5.41) is 14.7. The van der Waals surface area contributed by atoms with Crippen molar-refractivity contribution in [3.63, 3.8) is 0 Å². The molecule has 0 aliphatic carbocycles. The minimum atomic E-state index is -0.303. The van der Waals surface area contributed by atoms with Crippen molar-refractivity contribution in [1.82, 2.24) is 15.2 Å². The monoisotopic (exact) mass is 441 g/mol. The predicted octanol–water partition coefficient (Wildman–Crippen LogP) is 5.23. The number of thiazole rings is 1. The normalized spacial score (nSPS) is 11.2. The zero-order valence-electron chi connectivity index (χ0n) is 17.0. The Bertz CT molecular complexity index is 1020. The number of carbonyl (C=O) groups excluding carboxylic acids is 2. The Labute approximate surface area is 183 Å².